The Hall–Kier alpha value is -0.900. The molecule has 1 aromatic rings. The molecule has 0 atom stereocenters. The molecule has 1 aromatic heterocycles. The van der Waals surface area contributed by atoms with Gasteiger partial charge in [-0.15, -0.1) is 0 Å². The van der Waals surface area contributed by atoms with Crippen molar-refractivity contribution < 1.29 is 0 Å². The lowest BCUT2D eigenvalue weighted by Crippen LogP contribution is -2.27. The number of hydrogen-bond donors (Lipinski definition) is 2. The molecule has 0 bridgehead atoms. The maximum atomic E-state index is 4.51. The average molecular weight is 222 g/mol. The van der Waals surface area contributed by atoms with E-state index in [4.69, 9.17) is 0 Å². The van der Waals surface area contributed by atoms with E-state index < -0.39 is 0 Å². The van der Waals surface area contributed by atoms with Gasteiger partial charge in [-0.05, 0) is 38.3 Å². The Morgan fingerprint density at radius 1 is 1.31 bits per heavy atom. The molecule has 4 heteroatoms. The summed E-state index contributed by atoms with van der Waals surface area (Å²) in [6, 6.07) is 0. The maximum absolute atomic E-state index is 4.51. The zero-order valence-electron chi connectivity index (χ0n) is 10.3. The first-order chi connectivity index (χ1) is 7.75. The molecule has 90 valence electrons. The van der Waals surface area contributed by atoms with E-state index >= 15 is 0 Å². The summed E-state index contributed by atoms with van der Waals surface area (Å²) in [7, 11) is 0. The van der Waals surface area contributed by atoms with Crippen LogP contribution in [0.25, 0.3) is 0 Å². The van der Waals surface area contributed by atoms with Gasteiger partial charge >= 0.3 is 0 Å². The summed E-state index contributed by atoms with van der Waals surface area (Å²) in [4.78, 5) is 4.51. The number of H-pyrrole nitrogens is 1. The van der Waals surface area contributed by atoms with Crippen molar-refractivity contribution in [3.63, 3.8) is 0 Å². The predicted molar refractivity (Wildman–Crippen MR) is 64.4 cm³/mol. The van der Waals surface area contributed by atoms with E-state index in [1.54, 1.807) is 0 Å². The molecule has 2 rings (SSSR count). The zero-order valence-corrected chi connectivity index (χ0v) is 10.3. The van der Waals surface area contributed by atoms with Crippen LogP contribution in [0.5, 0.6) is 0 Å². The molecule has 1 aliphatic rings. The molecule has 0 amide bonds. The van der Waals surface area contributed by atoms with E-state index in [0.29, 0.717) is 5.92 Å². The first-order valence-electron chi connectivity index (χ1n) is 6.37. The minimum atomic E-state index is 0.420. The Morgan fingerprint density at radius 2 is 2.06 bits per heavy atom. The van der Waals surface area contributed by atoms with Gasteiger partial charge in [-0.1, -0.05) is 13.8 Å². The molecule has 0 aliphatic carbocycles. The van der Waals surface area contributed by atoms with Crippen molar-refractivity contribution >= 4 is 0 Å². The molecule has 1 fully saturated rings. The van der Waals surface area contributed by atoms with Crippen LogP contribution in [0, 0.1) is 5.92 Å². The average Bonchev–Trinajstić information content (AvgIpc) is 2.76. The van der Waals surface area contributed by atoms with Crippen molar-refractivity contribution in [1.82, 2.24) is 20.5 Å². The summed E-state index contributed by atoms with van der Waals surface area (Å²) in [6.45, 7) is 6.61. The molecule has 0 spiro atoms. The van der Waals surface area contributed by atoms with Gasteiger partial charge in [0.1, 0.15) is 5.82 Å². The van der Waals surface area contributed by atoms with Crippen molar-refractivity contribution in [3.8, 4) is 0 Å². The van der Waals surface area contributed by atoms with Gasteiger partial charge in [-0.25, -0.2) is 4.98 Å². The van der Waals surface area contributed by atoms with Gasteiger partial charge in [-0.3, -0.25) is 5.10 Å². The van der Waals surface area contributed by atoms with E-state index in [2.05, 4.69) is 34.3 Å². The number of piperidine rings is 1. The molecule has 0 unspecified atom stereocenters. The van der Waals surface area contributed by atoms with E-state index in [9.17, 15) is 0 Å². The number of aromatic nitrogens is 3. The Balaban J connectivity index is 1.79. The highest BCUT2D eigenvalue weighted by molar-refractivity contribution is 4.95. The largest absolute Gasteiger partial charge is 0.317 e. The molecular weight excluding hydrogens is 200 g/mol. The van der Waals surface area contributed by atoms with Crippen LogP contribution in [0.2, 0.25) is 0 Å². The molecule has 16 heavy (non-hydrogen) atoms. The van der Waals surface area contributed by atoms with Crippen LogP contribution < -0.4 is 5.32 Å². The van der Waals surface area contributed by atoms with Gasteiger partial charge in [-0.2, -0.15) is 5.10 Å². The van der Waals surface area contributed by atoms with Gasteiger partial charge in [0, 0.05) is 12.3 Å². The Labute approximate surface area is 97.2 Å². The topological polar surface area (TPSA) is 53.6 Å². The summed E-state index contributed by atoms with van der Waals surface area (Å²) in [5.41, 5.74) is 0. The molecule has 0 radical (unpaired) electrons. The Morgan fingerprint density at radius 3 is 2.69 bits per heavy atom. The maximum Gasteiger partial charge on any atom is 0.153 e. The van der Waals surface area contributed by atoms with Gasteiger partial charge < -0.3 is 5.32 Å². The fourth-order valence-electron chi connectivity index (χ4n) is 2.19. The third-order valence-electron chi connectivity index (χ3n) is 3.31. The first-order valence-corrected chi connectivity index (χ1v) is 6.37. The lowest BCUT2D eigenvalue weighted by molar-refractivity contribution is 0.352. The SMILES string of the molecule is CC(C)c1n[nH]c(CCC2CCNCC2)n1. The minimum absolute atomic E-state index is 0.420. The second-order valence-corrected chi connectivity index (χ2v) is 5.03. The summed E-state index contributed by atoms with van der Waals surface area (Å²) >= 11 is 0. The normalized spacial score (nSPS) is 18.2. The highest BCUT2D eigenvalue weighted by Gasteiger charge is 2.14. The quantitative estimate of drug-likeness (QED) is 0.817. The first kappa shape index (κ1) is 11.6. The number of nitrogens with zero attached hydrogens (tertiary/aromatic N) is 2. The van der Waals surface area contributed by atoms with Crippen LogP contribution in [0.3, 0.4) is 0 Å². The van der Waals surface area contributed by atoms with Crippen molar-refractivity contribution in [3.05, 3.63) is 11.6 Å². The van der Waals surface area contributed by atoms with Gasteiger partial charge in [0.25, 0.3) is 0 Å². The molecule has 1 aliphatic heterocycles. The minimum Gasteiger partial charge on any atom is -0.317 e. The van der Waals surface area contributed by atoms with E-state index in [1.807, 2.05) is 0 Å². The molecule has 4 nitrogen and oxygen atoms in total. The van der Waals surface area contributed by atoms with Crippen LogP contribution in [0.15, 0.2) is 0 Å². The molecule has 0 saturated carbocycles. The smallest absolute Gasteiger partial charge is 0.153 e. The number of aromatic amines is 1. The number of aryl methyl sites for hydroxylation is 1. The lowest BCUT2D eigenvalue weighted by atomic mass is 9.93. The summed E-state index contributed by atoms with van der Waals surface area (Å²) in [5, 5.41) is 10.7. The van der Waals surface area contributed by atoms with Crippen LogP contribution in [-0.2, 0) is 6.42 Å². The monoisotopic (exact) mass is 222 g/mol. The molecule has 0 aromatic carbocycles. The number of nitrogens with one attached hydrogen (secondary N) is 2. The fraction of sp³-hybridized carbons (Fsp3) is 0.833. The van der Waals surface area contributed by atoms with Gasteiger partial charge in [0.2, 0.25) is 0 Å². The van der Waals surface area contributed by atoms with Crippen LogP contribution in [0.1, 0.15) is 50.7 Å². The number of rotatable bonds is 4. The standard InChI is InChI=1S/C12H22N4/c1-9(2)12-14-11(15-16-12)4-3-10-5-7-13-8-6-10/h9-10,13H,3-8H2,1-2H3,(H,14,15,16). The second-order valence-electron chi connectivity index (χ2n) is 5.03. The predicted octanol–water partition coefficient (Wildman–Crippen LogP) is 1.86. The van der Waals surface area contributed by atoms with Crippen molar-refractivity contribution in [2.75, 3.05) is 13.1 Å². The van der Waals surface area contributed by atoms with E-state index in [0.717, 1.165) is 24.0 Å². The van der Waals surface area contributed by atoms with Crippen molar-refractivity contribution in [2.45, 2.75) is 45.4 Å². The third-order valence-corrected chi connectivity index (χ3v) is 3.31. The summed E-state index contributed by atoms with van der Waals surface area (Å²) < 4.78 is 0. The summed E-state index contributed by atoms with van der Waals surface area (Å²) in [5.74, 6) is 3.29. The van der Waals surface area contributed by atoms with Crippen molar-refractivity contribution in [2.24, 2.45) is 5.92 Å². The highest BCUT2D eigenvalue weighted by atomic mass is 15.2. The molecule has 2 N–H and O–H groups in total. The Kier molecular flexibility index (Phi) is 3.93. The Bertz CT molecular complexity index is 313. The number of hydrogen-bond acceptors (Lipinski definition) is 3. The van der Waals surface area contributed by atoms with Gasteiger partial charge in [0.15, 0.2) is 5.82 Å². The van der Waals surface area contributed by atoms with Crippen LogP contribution in [0.4, 0.5) is 0 Å². The summed E-state index contributed by atoms with van der Waals surface area (Å²) in [6.07, 6.45) is 4.91. The fourth-order valence-corrected chi connectivity index (χ4v) is 2.19. The highest BCUT2D eigenvalue weighted by Crippen LogP contribution is 2.18. The lowest BCUT2D eigenvalue weighted by Gasteiger charge is -2.21. The van der Waals surface area contributed by atoms with Gasteiger partial charge in [0.05, 0.1) is 0 Å². The molecular formula is C12H22N4. The van der Waals surface area contributed by atoms with Crippen molar-refractivity contribution in [1.29, 1.82) is 0 Å². The van der Waals surface area contributed by atoms with Crippen LogP contribution >= 0.6 is 0 Å². The third kappa shape index (κ3) is 3.04. The second kappa shape index (κ2) is 5.43. The zero-order chi connectivity index (χ0) is 11.4. The molecule has 2 heterocycles. The van der Waals surface area contributed by atoms with Crippen LogP contribution in [-0.4, -0.2) is 28.3 Å². The molecule has 1 saturated heterocycles. The van der Waals surface area contributed by atoms with E-state index in [1.165, 1.54) is 32.4 Å². The van der Waals surface area contributed by atoms with E-state index in [-0.39, 0.29) is 0 Å².